The van der Waals surface area contributed by atoms with Crippen LogP contribution >= 0.6 is 0 Å². The van der Waals surface area contributed by atoms with Gasteiger partial charge in [0.2, 0.25) is 0 Å². The topological polar surface area (TPSA) is 79.3 Å². The Morgan fingerprint density at radius 2 is 0.540 bits per heavy atom. The number of hydrogen-bond acceptors (Lipinski definition) is 10. The van der Waals surface area contributed by atoms with Crippen molar-refractivity contribution in [1.82, 2.24) is 4.57 Å². The zero-order valence-electron chi connectivity index (χ0n) is 77.0. The largest absolute Gasteiger partial charge is 0.456 e. The van der Waals surface area contributed by atoms with Crippen LogP contribution in [0.1, 0.15) is 74.9 Å². The lowest BCUT2D eigenvalue weighted by molar-refractivity contribution is 0.360. The Kier molecular flexibility index (Phi) is 18.9. The van der Waals surface area contributed by atoms with E-state index in [2.05, 4.69) is 346 Å². The van der Waals surface area contributed by atoms with Gasteiger partial charge in [-0.3, -0.25) is 0 Å². The summed E-state index contributed by atoms with van der Waals surface area (Å²) in [4.78, 5) is 6.87. The number of anilines is 9. The maximum absolute atomic E-state index is 13.6. The Labute approximate surface area is 804 Å². The summed E-state index contributed by atoms with van der Waals surface area (Å²) in [6.45, 7) is 13.9. The van der Waals surface area contributed by atoms with E-state index in [0.717, 1.165) is 107 Å². The minimum Gasteiger partial charge on any atom is -0.456 e. The molecule has 11 nitrogen and oxygen atoms in total. The Morgan fingerprint density at radius 1 is 0.209 bits per heavy atom. The molecule has 139 heavy (non-hydrogen) atoms. The lowest BCUT2D eigenvalue weighted by Gasteiger charge is -2.32. The summed E-state index contributed by atoms with van der Waals surface area (Å²) in [5.41, 5.74) is 31.7. The van der Waals surface area contributed by atoms with E-state index >= 15 is 0 Å². The Bertz CT molecular complexity index is 8640. The zero-order chi connectivity index (χ0) is 93.1. The molecule has 0 radical (unpaired) electrons. The number of benzene rings is 20. The van der Waals surface area contributed by atoms with Gasteiger partial charge >= 0.3 is 0 Å². The second-order valence-corrected chi connectivity index (χ2v) is 37.8. The number of hydrogen-bond donors (Lipinski definition) is 0. The van der Waals surface area contributed by atoms with E-state index in [4.69, 9.17) is 33.2 Å². The lowest BCUT2D eigenvalue weighted by atomic mass is 9.82. The van der Waals surface area contributed by atoms with E-state index < -0.39 is 0 Å². The maximum Gasteiger partial charge on any atom is 0.194 e. The molecule has 4 aliphatic heterocycles. The van der Waals surface area contributed by atoms with Crippen molar-refractivity contribution in [1.29, 1.82) is 0 Å². The van der Waals surface area contributed by atoms with Gasteiger partial charge < -0.3 is 52.4 Å². The monoisotopic (exact) mass is 1800 g/mol. The van der Waals surface area contributed by atoms with Crippen LogP contribution in [0.4, 0.5) is 55.6 Å². The normalized spacial score (nSPS) is 13.7. The smallest absolute Gasteiger partial charge is 0.194 e. The molecule has 0 atom stereocenters. The van der Waals surface area contributed by atoms with Crippen molar-refractivity contribution in [2.45, 2.75) is 57.8 Å². The van der Waals surface area contributed by atoms with E-state index in [0.29, 0.717) is 69.0 Å². The molecule has 0 spiro atoms. The van der Waals surface area contributed by atoms with Crippen molar-refractivity contribution in [3.8, 4) is 142 Å². The number of halogens is 1. The molecule has 7 aliphatic rings. The highest BCUT2D eigenvalue weighted by Crippen LogP contribution is 2.62. The van der Waals surface area contributed by atoms with Crippen LogP contribution in [0.3, 0.4) is 0 Å². The van der Waals surface area contributed by atoms with E-state index in [9.17, 15) is 4.39 Å². The van der Waals surface area contributed by atoms with Gasteiger partial charge in [-0.25, -0.2) is 4.39 Å². The first-order valence-electron chi connectivity index (χ1n) is 47.2. The van der Waals surface area contributed by atoms with Crippen molar-refractivity contribution in [3.05, 3.63) is 470 Å². The maximum atomic E-state index is 13.6. The van der Waals surface area contributed by atoms with E-state index in [-0.39, 0.29) is 22.1 Å². The molecule has 0 saturated heterocycles. The van der Waals surface area contributed by atoms with Crippen molar-refractivity contribution >= 4 is 83.8 Å². The first-order valence-corrected chi connectivity index (χ1v) is 47.2. The molecule has 3 aliphatic carbocycles. The first kappa shape index (κ1) is 82.1. The van der Waals surface area contributed by atoms with Crippen molar-refractivity contribution in [2.75, 3.05) is 14.7 Å². The van der Waals surface area contributed by atoms with Crippen LogP contribution < -0.4 is 47.9 Å². The fourth-order valence-corrected chi connectivity index (χ4v) is 22.0. The minimum absolute atomic E-state index is 0.144. The van der Waals surface area contributed by atoms with E-state index in [1.54, 1.807) is 12.1 Å². The van der Waals surface area contributed by atoms with Crippen LogP contribution in [-0.4, -0.2) is 4.57 Å². The Balaban J connectivity index is 0.000000108. The SMILES string of the molecule is CC1(C)c2ccccc2-c2ccc(N(c3ccc(-c4ccc(F)cc4)cc3)c3cccc4c3Oc3ccccc3O4)cc21.CC1(C)c2ccccc2-c2ccc(N(c3ccc4c(c3)c3ccccc3n4-c3ccccc3)c3cccc4c3Oc3ccccc3O4)cc21.CC1(C)c2ccccc2-c2ccc(N(c3cccc4c3Oc3ccccc3O4)c3ccc4c5c(cccc35)Oc3ccccc3-4)cc21. The molecule has 20 aromatic carbocycles. The highest BCUT2D eigenvalue weighted by molar-refractivity contribution is 6.13. The fourth-order valence-electron chi connectivity index (χ4n) is 22.0. The summed E-state index contributed by atoms with van der Waals surface area (Å²) in [6.07, 6.45) is 0. The number of fused-ring (bicyclic) bond motifs is 20. The minimum atomic E-state index is -0.245. The highest BCUT2D eigenvalue weighted by Gasteiger charge is 2.42. The predicted molar refractivity (Wildman–Crippen MR) is 559 cm³/mol. The third kappa shape index (κ3) is 13.4. The summed E-state index contributed by atoms with van der Waals surface area (Å²) < 4.78 is 61.4. The molecule has 0 amide bonds. The van der Waals surface area contributed by atoms with Crippen molar-refractivity contribution < 1.29 is 37.5 Å². The Morgan fingerprint density at radius 3 is 1.04 bits per heavy atom. The number of nitrogens with zero attached hydrogens (tertiary/aromatic N) is 4. The first-order chi connectivity index (χ1) is 68.1. The van der Waals surface area contributed by atoms with Crippen LogP contribution in [0, 0.1) is 5.82 Å². The predicted octanol–water partition coefficient (Wildman–Crippen LogP) is 35.9. The molecule has 1 aromatic heterocycles. The molecule has 0 unspecified atom stereocenters. The molecule has 21 aromatic rings. The zero-order valence-corrected chi connectivity index (χ0v) is 77.0. The van der Waals surface area contributed by atoms with Gasteiger partial charge in [0, 0.05) is 77.5 Å². The summed E-state index contributed by atoms with van der Waals surface area (Å²) in [6, 6.07) is 148. The van der Waals surface area contributed by atoms with Crippen molar-refractivity contribution in [2.24, 2.45) is 0 Å². The van der Waals surface area contributed by atoms with E-state index in [1.165, 1.54) is 95.2 Å². The van der Waals surface area contributed by atoms with Gasteiger partial charge in [-0.2, -0.15) is 0 Å². The number of ether oxygens (including phenoxy) is 7. The van der Waals surface area contributed by atoms with Gasteiger partial charge in [-0.1, -0.05) is 284 Å². The standard InChI is InChI=1S/C45H32N2O2.C43H29NO3.C39H28FNO2/c1-45(2)36-17-8-6-15-32(36)33-25-23-31(28-37(33)45)46(40-19-12-22-43-44(40)49-42-21-11-10-20-41(42)48-43)30-24-26-39-35(27-30)34-16-7-9-18-38(34)47(39)29-13-4-3-5-14-29;1-43(2)32-14-5-3-11-27(32)28-22-21-26(25-33(28)43)44(35-15-10-20-40-42(35)47-38-18-8-7-17-37(38)46-40)34-24-23-30-29-12-4-6-16-36(29)45-39-19-9-13-31(34)41(30)39;1-39(2)32-9-4-3-8-30(32)31-23-22-29(24-33(31)39)41(28-20-16-26(17-21-28)25-14-18-27(40)19-15-25)34-10-7-13-37-38(34)43-36-12-6-5-11-35(36)42-37/h3-28H,1-2H3;3-25H,1-2H3;3-24H,1-2H3. The molecule has 0 saturated carbocycles. The molecule has 0 N–H and O–H groups in total. The second kappa shape index (κ2) is 32.1. The van der Waals surface area contributed by atoms with Gasteiger partial charge in [0.05, 0.1) is 33.8 Å². The third-order valence-corrected chi connectivity index (χ3v) is 28.8. The lowest BCUT2D eigenvalue weighted by Crippen LogP contribution is -2.17. The highest BCUT2D eigenvalue weighted by atomic mass is 19.1. The molecule has 666 valence electrons. The molecule has 12 heteroatoms. The van der Waals surface area contributed by atoms with Crippen LogP contribution in [-0.2, 0) is 16.2 Å². The van der Waals surface area contributed by atoms with E-state index in [1.807, 2.05) is 121 Å². The Hall–Kier alpha value is -17.6. The number of aromatic nitrogens is 1. The number of rotatable bonds is 11. The van der Waals surface area contributed by atoms with Gasteiger partial charge in [-0.05, 0) is 272 Å². The molecule has 28 rings (SSSR count). The average Bonchev–Trinajstić information content (AvgIpc) is 1.72. The van der Waals surface area contributed by atoms with Gasteiger partial charge in [0.25, 0.3) is 0 Å². The molecular formula is C127H89FN4O7. The molecular weight excluding hydrogens is 1710 g/mol. The second-order valence-electron chi connectivity index (χ2n) is 37.8. The van der Waals surface area contributed by atoms with Gasteiger partial charge in [0.1, 0.15) is 17.3 Å². The quantitative estimate of drug-likeness (QED) is 0.125. The summed E-state index contributed by atoms with van der Waals surface area (Å²) in [7, 11) is 0. The van der Waals surface area contributed by atoms with Gasteiger partial charge in [0.15, 0.2) is 69.0 Å². The summed E-state index contributed by atoms with van der Waals surface area (Å²) in [5, 5.41) is 4.57. The van der Waals surface area contributed by atoms with Crippen LogP contribution in [0.25, 0.3) is 93.9 Å². The third-order valence-electron chi connectivity index (χ3n) is 28.8. The van der Waals surface area contributed by atoms with Crippen LogP contribution in [0.15, 0.2) is 431 Å². The van der Waals surface area contributed by atoms with Crippen LogP contribution in [0.2, 0.25) is 0 Å². The van der Waals surface area contributed by atoms with Gasteiger partial charge in [-0.15, -0.1) is 0 Å². The average molecular weight is 1800 g/mol. The van der Waals surface area contributed by atoms with Crippen molar-refractivity contribution in [3.63, 3.8) is 0 Å². The molecule has 5 heterocycles. The summed E-state index contributed by atoms with van der Waals surface area (Å²) >= 11 is 0. The van der Waals surface area contributed by atoms with Crippen LogP contribution in [0.5, 0.6) is 80.5 Å². The molecule has 0 bridgehead atoms. The summed E-state index contributed by atoms with van der Waals surface area (Å²) in [5.74, 6) is 9.74. The number of para-hydroxylation sites is 12. The fraction of sp³-hybridized carbons (Fsp3) is 0.0709. The molecule has 0 fully saturated rings.